The van der Waals surface area contributed by atoms with Gasteiger partial charge in [0.25, 0.3) is 0 Å². The summed E-state index contributed by atoms with van der Waals surface area (Å²) in [6.07, 6.45) is 0. The minimum absolute atomic E-state index is 0.0360. The van der Waals surface area contributed by atoms with Crippen molar-refractivity contribution >= 4 is 33.6 Å². The van der Waals surface area contributed by atoms with E-state index in [0.29, 0.717) is 5.02 Å². The maximum atomic E-state index is 12.4. The second-order valence-electron chi connectivity index (χ2n) is 5.50. The summed E-state index contributed by atoms with van der Waals surface area (Å²) < 4.78 is 36.6. The van der Waals surface area contributed by atoms with Crippen molar-refractivity contribution in [1.29, 1.82) is 0 Å². The molecule has 9 heteroatoms. The van der Waals surface area contributed by atoms with Crippen molar-refractivity contribution < 1.29 is 27.5 Å². The van der Waals surface area contributed by atoms with Crippen LogP contribution in [-0.4, -0.2) is 34.0 Å². The van der Waals surface area contributed by atoms with Crippen LogP contribution in [-0.2, 0) is 30.9 Å². The molecule has 0 unspecified atom stereocenters. The number of ether oxygens (including phenoxy) is 2. The number of nitrogens with one attached hydrogen (secondary N) is 1. The standard InChI is InChI=1S/C18H18ClNO6S/c1-12-13(6-5-8-15(12)19)11-26-17(21)10-20-27(23,24)16-9-4-3-7-14(16)18(22)25-2/h3-9,20H,10-11H2,1-2H3. The molecule has 0 aromatic heterocycles. The first kappa shape index (κ1) is 20.9. The third-order valence-corrected chi connectivity index (χ3v) is 5.63. The maximum absolute atomic E-state index is 12.4. The highest BCUT2D eigenvalue weighted by atomic mass is 35.5. The van der Waals surface area contributed by atoms with Crippen LogP contribution in [0.1, 0.15) is 21.5 Å². The van der Waals surface area contributed by atoms with Crippen LogP contribution in [0.5, 0.6) is 0 Å². The minimum atomic E-state index is -4.11. The van der Waals surface area contributed by atoms with Crippen molar-refractivity contribution in [1.82, 2.24) is 4.72 Å². The van der Waals surface area contributed by atoms with Crippen LogP contribution in [0, 0.1) is 6.92 Å². The molecule has 0 radical (unpaired) electrons. The number of carbonyl (C=O) groups is 2. The molecule has 0 heterocycles. The molecule has 144 valence electrons. The van der Waals surface area contributed by atoms with Crippen LogP contribution in [0.15, 0.2) is 47.4 Å². The van der Waals surface area contributed by atoms with Crippen LogP contribution in [0.3, 0.4) is 0 Å². The van der Waals surface area contributed by atoms with E-state index in [1.54, 1.807) is 25.1 Å². The summed E-state index contributed by atoms with van der Waals surface area (Å²) in [5.74, 6) is -1.57. The summed E-state index contributed by atoms with van der Waals surface area (Å²) in [5, 5.41) is 0.545. The van der Waals surface area contributed by atoms with Crippen LogP contribution in [0.25, 0.3) is 0 Å². The van der Waals surface area contributed by atoms with Crippen LogP contribution < -0.4 is 4.72 Å². The third kappa shape index (κ3) is 5.29. The summed E-state index contributed by atoms with van der Waals surface area (Å²) in [6.45, 7) is 1.17. The van der Waals surface area contributed by atoms with E-state index in [-0.39, 0.29) is 17.1 Å². The van der Waals surface area contributed by atoms with E-state index >= 15 is 0 Å². The van der Waals surface area contributed by atoms with Gasteiger partial charge in [0.2, 0.25) is 10.0 Å². The Morgan fingerprint density at radius 3 is 2.52 bits per heavy atom. The quantitative estimate of drug-likeness (QED) is 0.702. The molecule has 0 aliphatic heterocycles. The van der Waals surface area contributed by atoms with Gasteiger partial charge in [0.05, 0.1) is 17.6 Å². The average Bonchev–Trinajstić information content (AvgIpc) is 2.67. The molecule has 0 amide bonds. The molecular formula is C18H18ClNO6S. The van der Waals surface area contributed by atoms with Gasteiger partial charge in [-0.25, -0.2) is 13.2 Å². The average molecular weight is 412 g/mol. The second-order valence-corrected chi connectivity index (χ2v) is 7.64. The zero-order valence-corrected chi connectivity index (χ0v) is 16.3. The van der Waals surface area contributed by atoms with E-state index in [1.807, 2.05) is 0 Å². The van der Waals surface area contributed by atoms with Crippen LogP contribution in [0.2, 0.25) is 5.02 Å². The smallest absolute Gasteiger partial charge is 0.339 e. The Labute approximate surface area is 162 Å². The van der Waals surface area contributed by atoms with Gasteiger partial charge < -0.3 is 9.47 Å². The van der Waals surface area contributed by atoms with E-state index in [2.05, 4.69) is 9.46 Å². The lowest BCUT2D eigenvalue weighted by Gasteiger charge is -2.11. The molecule has 0 bridgehead atoms. The Morgan fingerprint density at radius 1 is 1.11 bits per heavy atom. The Kier molecular flexibility index (Phi) is 6.95. The molecule has 2 aromatic carbocycles. The molecule has 0 fully saturated rings. The summed E-state index contributed by atoms with van der Waals surface area (Å²) >= 11 is 6.00. The van der Waals surface area contributed by atoms with E-state index < -0.39 is 28.5 Å². The molecule has 1 N–H and O–H groups in total. The fraction of sp³-hybridized carbons (Fsp3) is 0.222. The van der Waals surface area contributed by atoms with Gasteiger partial charge >= 0.3 is 11.9 Å². The predicted molar refractivity (Wildman–Crippen MR) is 99.0 cm³/mol. The van der Waals surface area contributed by atoms with Crippen molar-refractivity contribution in [3.63, 3.8) is 0 Å². The highest BCUT2D eigenvalue weighted by molar-refractivity contribution is 7.89. The molecule has 0 aliphatic carbocycles. The number of rotatable bonds is 7. The van der Waals surface area contributed by atoms with Crippen molar-refractivity contribution in [2.45, 2.75) is 18.4 Å². The van der Waals surface area contributed by atoms with Gasteiger partial charge in [-0.1, -0.05) is 35.9 Å². The van der Waals surface area contributed by atoms with E-state index in [4.69, 9.17) is 16.3 Å². The number of esters is 2. The van der Waals surface area contributed by atoms with Gasteiger partial charge in [-0.15, -0.1) is 0 Å². The van der Waals surface area contributed by atoms with Crippen LogP contribution >= 0.6 is 11.6 Å². The number of benzene rings is 2. The van der Waals surface area contributed by atoms with E-state index in [9.17, 15) is 18.0 Å². The molecule has 0 saturated carbocycles. The zero-order chi connectivity index (χ0) is 20.0. The number of hydrogen-bond acceptors (Lipinski definition) is 6. The van der Waals surface area contributed by atoms with Crippen molar-refractivity contribution in [3.05, 3.63) is 64.2 Å². The minimum Gasteiger partial charge on any atom is -0.465 e. The fourth-order valence-corrected chi connectivity index (χ4v) is 3.59. The molecular weight excluding hydrogens is 394 g/mol. The van der Waals surface area contributed by atoms with Crippen molar-refractivity contribution in [2.24, 2.45) is 0 Å². The normalized spacial score (nSPS) is 11.1. The Balaban J connectivity index is 2.02. The topological polar surface area (TPSA) is 98.8 Å². The van der Waals surface area contributed by atoms with Crippen molar-refractivity contribution in [2.75, 3.05) is 13.7 Å². The number of halogens is 1. The second kappa shape index (κ2) is 8.98. The largest absolute Gasteiger partial charge is 0.465 e. The Hall–Kier alpha value is -2.42. The monoisotopic (exact) mass is 411 g/mol. The Morgan fingerprint density at radius 2 is 1.81 bits per heavy atom. The SMILES string of the molecule is COC(=O)c1ccccc1S(=O)(=O)NCC(=O)OCc1cccc(Cl)c1C. The highest BCUT2D eigenvalue weighted by Crippen LogP contribution is 2.19. The molecule has 0 spiro atoms. The molecule has 0 saturated heterocycles. The first-order chi connectivity index (χ1) is 12.8. The summed E-state index contributed by atoms with van der Waals surface area (Å²) in [7, 11) is -2.96. The van der Waals surface area contributed by atoms with Gasteiger partial charge in [0.1, 0.15) is 13.2 Å². The van der Waals surface area contributed by atoms with Gasteiger partial charge in [-0.05, 0) is 36.2 Å². The number of methoxy groups -OCH3 is 1. The van der Waals surface area contributed by atoms with E-state index in [1.165, 1.54) is 24.3 Å². The molecule has 27 heavy (non-hydrogen) atoms. The molecule has 2 aromatic rings. The fourth-order valence-electron chi connectivity index (χ4n) is 2.23. The van der Waals surface area contributed by atoms with Crippen molar-refractivity contribution in [3.8, 4) is 0 Å². The summed E-state index contributed by atoms with van der Waals surface area (Å²) in [5.41, 5.74) is 1.37. The molecule has 7 nitrogen and oxygen atoms in total. The Bertz CT molecular complexity index is 958. The van der Waals surface area contributed by atoms with Gasteiger partial charge in [-0.3, -0.25) is 4.79 Å². The highest BCUT2D eigenvalue weighted by Gasteiger charge is 2.23. The molecule has 2 rings (SSSR count). The summed E-state index contributed by atoms with van der Waals surface area (Å²) in [4.78, 5) is 23.3. The number of hydrogen-bond donors (Lipinski definition) is 1. The zero-order valence-electron chi connectivity index (χ0n) is 14.7. The molecule has 0 aliphatic rings. The van der Waals surface area contributed by atoms with Gasteiger partial charge in [-0.2, -0.15) is 4.72 Å². The van der Waals surface area contributed by atoms with Gasteiger partial charge in [0, 0.05) is 5.02 Å². The summed E-state index contributed by atoms with van der Waals surface area (Å²) in [6, 6.07) is 10.7. The molecule has 0 atom stereocenters. The van der Waals surface area contributed by atoms with Crippen LogP contribution in [0.4, 0.5) is 0 Å². The lowest BCUT2D eigenvalue weighted by molar-refractivity contribution is -0.143. The number of sulfonamides is 1. The lowest BCUT2D eigenvalue weighted by atomic mass is 10.1. The van der Waals surface area contributed by atoms with E-state index in [0.717, 1.165) is 18.2 Å². The number of carbonyl (C=O) groups excluding carboxylic acids is 2. The third-order valence-electron chi connectivity index (χ3n) is 3.76. The predicted octanol–water partition coefficient (Wildman–Crippen LogP) is 2.46. The first-order valence-corrected chi connectivity index (χ1v) is 9.69. The van der Waals surface area contributed by atoms with Gasteiger partial charge in [0.15, 0.2) is 0 Å². The first-order valence-electron chi connectivity index (χ1n) is 7.83. The lowest BCUT2D eigenvalue weighted by Crippen LogP contribution is -2.31. The maximum Gasteiger partial charge on any atom is 0.339 e.